The number of para-hydroxylation sites is 2. The van der Waals surface area contributed by atoms with E-state index in [-0.39, 0.29) is 0 Å². The largest absolute Gasteiger partial charge is 0.423 e. The summed E-state index contributed by atoms with van der Waals surface area (Å²) in [6.07, 6.45) is 3.75. The van der Waals surface area contributed by atoms with Crippen LogP contribution >= 0.6 is 0 Å². The summed E-state index contributed by atoms with van der Waals surface area (Å²) in [4.78, 5) is 6.84. The highest BCUT2D eigenvalue weighted by molar-refractivity contribution is 5.74. The summed E-state index contributed by atoms with van der Waals surface area (Å²) in [6, 6.07) is 8.75. The zero-order valence-electron chi connectivity index (χ0n) is 11.4. The number of fused-ring (bicyclic) bond motifs is 1. The number of nitrogens with zero attached hydrogens (tertiary/aromatic N) is 2. The fourth-order valence-electron chi connectivity index (χ4n) is 2.76. The highest BCUT2D eigenvalue weighted by Crippen LogP contribution is 2.27. The average molecular weight is 259 g/mol. The molecule has 2 heterocycles. The van der Waals surface area contributed by atoms with E-state index in [1.165, 1.54) is 19.3 Å². The summed E-state index contributed by atoms with van der Waals surface area (Å²) >= 11 is 0. The van der Waals surface area contributed by atoms with Crippen molar-refractivity contribution in [2.75, 3.05) is 31.6 Å². The molecule has 4 nitrogen and oxygen atoms in total. The molecule has 1 aromatic carbocycles. The van der Waals surface area contributed by atoms with Crippen molar-refractivity contribution in [3.05, 3.63) is 24.3 Å². The molecular formula is C15H21N3O. The molecule has 0 unspecified atom stereocenters. The van der Waals surface area contributed by atoms with Gasteiger partial charge in [0.25, 0.3) is 6.01 Å². The maximum atomic E-state index is 5.83. The Morgan fingerprint density at radius 2 is 2.11 bits per heavy atom. The number of nitrogens with one attached hydrogen (secondary N) is 1. The smallest absolute Gasteiger partial charge is 0.298 e. The number of hydrogen-bond donors (Lipinski definition) is 1. The highest BCUT2D eigenvalue weighted by atomic mass is 16.4. The number of piperidine rings is 1. The Morgan fingerprint density at radius 1 is 1.32 bits per heavy atom. The van der Waals surface area contributed by atoms with E-state index in [0.29, 0.717) is 0 Å². The van der Waals surface area contributed by atoms with Gasteiger partial charge in [-0.05, 0) is 50.9 Å². The Balaban J connectivity index is 1.64. The molecule has 1 aliphatic rings. The Morgan fingerprint density at radius 3 is 2.84 bits per heavy atom. The van der Waals surface area contributed by atoms with Crippen LogP contribution in [-0.2, 0) is 0 Å². The van der Waals surface area contributed by atoms with Gasteiger partial charge in [-0.3, -0.25) is 0 Å². The van der Waals surface area contributed by atoms with Crippen LogP contribution in [-0.4, -0.2) is 31.7 Å². The molecule has 1 saturated heterocycles. The molecule has 1 fully saturated rings. The Kier molecular flexibility index (Phi) is 3.69. The number of hydrogen-bond acceptors (Lipinski definition) is 4. The van der Waals surface area contributed by atoms with Gasteiger partial charge < -0.3 is 14.6 Å². The molecule has 0 bridgehead atoms. The zero-order chi connectivity index (χ0) is 13.1. The summed E-state index contributed by atoms with van der Waals surface area (Å²) in [5, 5.41) is 3.23. The van der Waals surface area contributed by atoms with Gasteiger partial charge in [-0.25, -0.2) is 0 Å². The molecule has 0 amide bonds. The van der Waals surface area contributed by atoms with Crippen molar-refractivity contribution in [3.63, 3.8) is 0 Å². The van der Waals surface area contributed by atoms with Gasteiger partial charge in [0.2, 0.25) is 0 Å². The lowest BCUT2D eigenvalue weighted by Gasteiger charge is -2.30. The number of aromatic nitrogens is 1. The minimum absolute atomic E-state index is 0.785. The molecule has 19 heavy (non-hydrogen) atoms. The van der Waals surface area contributed by atoms with Gasteiger partial charge in [0.15, 0.2) is 5.58 Å². The molecule has 0 saturated carbocycles. The van der Waals surface area contributed by atoms with Crippen LogP contribution in [0.15, 0.2) is 28.7 Å². The third-order valence-corrected chi connectivity index (χ3v) is 3.97. The highest BCUT2D eigenvalue weighted by Gasteiger charge is 2.22. The minimum Gasteiger partial charge on any atom is -0.423 e. The fraction of sp³-hybridized carbons (Fsp3) is 0.533. The molecule has 4 heteroatoms. The minimum atomic E-state index is 0.785. The van der Waals surface area contributed by atoms with Gasteiger partial charge in [-0.1, -0.05) is 12.1 Å². The molecular weight excluding hydrogens is 238 g/mol. The van der Waals surface area contributed by atoms with E-state index < -0.39 is 0 Å². The second-order valence-electron chi connectivity index (χ2n) is 5.29. The van der Waals surface area contributed by atoms with Crippen LogP contribution in [0.2, 0.25) is 0 Å². The fourth-order valence-corrected chi connectivity index (χ4v) is 2.76. The van der Waals surface area contributed by atoms with E-state index in [9.17, 15) is 0 Å². The van der Waals surface area contributed by atoms with Gasteiger partial charge in [-0.2, -0.15) is 4.98 Å². The lowest BCUT2D eigenvalue weighted by atomic mass is 9.94. The SMILES string of the molecule is CNCCC1CCN(c2nc3ccccc3o2)CC1. The monoisotopic (exact) mass is 259 g/mol. The molecule has 0 aliphatic carbocycles. The average Bonchev–Trinajstić information content (AvgIpc) is 2.89. The van der Waals surface area contributed by atoms with Crippen LogP contribution in [0.3, 0.4) is 0 Å². The third-order valence-electron chi connectivity index (χ3n) is 3.97. The molecule has 0 radical (unpaired) electrons. The summed E-state index contributed by atoms with van der Waals surface area (Å²) in [6.45, 7) is 3.23. The summed E-state index contributed by atoms with van der Waals surface area (Å²) < 4.78 is 5.83. The Hall–Kier alpha value is -1.55. The van der Waals surface area contributed by atoms with Crippen molar-refractivity contribution in [2.45, 2.75) is 19.3 Å². The van der Waals surface area contributed by atoms with Crippen LogP contribution < -0.4 is 10.2 Å². The summed E-state index contributed by atoms with van der Waals surface area (Å²) in [5.74, 6) is 0.841. The van der Waals surface area contributed by atoms with Crippen molar-refractivity contribution in [3.8, 4) is 0 Å². The maximum absolute atomic E-state index is 5.83. The van der Waals surface area contributed by atoms with Gasteiger partial charge in [0.05, 0.1) is 0 Å². The van der Waals surface area contributed by atoms with Gasteiger partial charge in [0.1, 0.15) is 5.52 Å². The van der Waals surface area contributed by atoms with Crippen molar-refractivity contribution in [2.24, 2.45) is 5.92 Å². The lowest BCUT2D eigenvalue weighted by molar-refractivity contribution is 0.366. The number of anilines is 1. The van der Waals surface area contributed by atoms with E-state index in [2.05, 4.69) is 15.2 Å². The predicted molar refractivity (Wildman–Crippen MR) is 77.5 cm³/mol. The normalized spacial score (nSPS) is 17.2. The molecule has 3 rings (SSSR count). The lowest BCUT2D eigenvalue weighted by Crippen LogP contribution is -2.34. The molecule has 0 spiro atoms. The first kappa shape index (κ1) is 12.5. The van der Waals surface area contributed by atoms with E-state index in [4.69, 9.17) is 4.42 Å². The first-order valence-corrected chi connectivity index (χ1v) is 7.12. The van der Waals surface area contributed by atoms with Crippen molar-refractivity contribution in [1.82, 2.24) is 10.3 Å². The van der Waals surface area contributed by atoms with Crippen molar-refractivity contribution in [1.29, 1.82) is 0 Å². The second-order valence-corrected chi connectivity index (χ2v) is 5.29. The van der Waals surface area contributed by atoms with Crippen LogP contribution in [0.1, 0.15) is 19.3 Å². The quantitative estimate of drug-likeness (QED) is 0.916. The molecule has 1 aromatic heterocycles. The van der Waals surface area contributed by atoms with Crippen LogP contribution in [0.5, 0.6) is 0 Å². The summed E-state index contributed by atoms with van der Waals surface area (Å²) in [7, 11) is 2.02. The molecule has 1 aliphatic heterocycles. The van der Waals surface area contributed by atoms with E-state index in [1.54, 1.807) is 0 Å². The van der Waals surface area contributed by atoms with E-state index in [0.717, 1.165) is 42.7 Å². The van der Waals surface area contributed by atoms with E-state index in [1.807, 2.05) is 31.3 Å². The first-order chi connectivity index (χ1) is 9.36. The zero-order valence-corrected chi connectivity index (χ0v) is 11.4. The van der Waals surface area contributed by atoms with Crippen LogP contribution in [0.25, 0.3) is 11.1 Å². The molecule has 0 atom stereocenters. The second kappa shape index (κ2) is 5.61. The number of rotatable bonds is 4. The standard InChI is InChI=1S/C15H21N3O/c1-16-9-6-12-7-10-18(11-8-12)15-17-13-4-2-3-5-14(13)19-15/h2-5,12,16H,6-11H2,1H3. The topological polar surface area (TPSA) is 41.3 Å². The maximum Gasteiger partial charge on any atom is 0.298 e. The van der Waals surface area contributed by atoms with Gasteiger partial charge in [-0.15, -0.1) is 0 Å². The van der Waals surface area contributed by atoms with Crippen LogP contribution in [0, 0.1) is 5.92 Å². The Labute approximate surface area is 113 Å². The van der Waals surface area contributed by atoms with Crippen LogP contribution in [0.4, 0.5) is 6.01 Å². The van der Waals surface area contributed by atoms with E-state index >= 15 is 0 Å². The van der Waals surface area contributed by atoms with Crippen molar-refractivity contribution >= 4 is 17.1 Å². The van der Waals surface area contributed by atoms with Gasteiger partial charge >= 0.3 is 0 Å². The molecule has 1 N–H and O–H groups in total. The third kappa shape index (κ3) is 2.73. The Bertz CT molecular complexity index is 496. The summed E-state index contributed by atoms with van der Waals surface area (Å²) in [5.41, 5.74) is 1.84. The number of benzene rings is 1. The number of oxazole rings is 1. The predicted octanol–water partition coefficient (Wildman–Crippen LogP) is 2.65. The molecule has 2 aromatic rings. The molecule has 102 valence electrons. The van der Waals surface area contributed by atoms with Gasteiger partial charge in [0, 0.05) is 13.1 Å². The first-order valence-electron chi connectivity index (χ1n) is 7.12. The van der Waals surface area contributed by atoms with Crippen molar-refractivity contribution < 1.29 is 4.42 Å².